The predicted octanol–water partition coefficient (Wildman–Crippen LogP) is 1.59. The molecule has 1 rings (SSSR count). The number of hydrogen-bond acceptors (Lipinski definition) is 5. The van der Waals surface area contributed by atoms with Crippen molar-refractivity contribution in [2.45, 2.75) is 19.8 Å². The molecule has 0 aliphatic carbocycles. The average Bonchev–Trinajstić information content (AvgIpc) is 2.35. The zero-order valence-electron chi connectivity index (χ0n) is 10.5. The van der Waals surface area contributed by atoms with Gasteiger partial charge in [0.2, 0.25) is 0 Å². The molecule has 0 aliphatic heterocycles. The molecule has 4 N–H and O–H groups in total. The van der Waals surface area contributed by atoms with E-state index in [1.807, 2.05) is 0 Å². The number of nitrogens with two attached hydrogens (primary N) is 1. The summed E-state index contributed by atoms with van der Waals surface area (Å²) in [4.78, 5) is 15.0. The Bertz CT molecular complexity index is 396. The van der Waals surface area contributed by atoms with Gasteiger partial charge in [-0.1, -0.05) is 6.92 Å². The zero-order chi connectivity index (χ0) is 13.4. The molecule has 0 atom stereocenters. The van der Waals surface area contributed by atoms with E-state index in [0.29, 0.717) is 24.7 Å². The lowest BCUT2D eigenvalue weighted by Gasteiger charge is -2.09. The summed E-state index contributed by atoms with van der Waals surface area (Å²) >= 11 is 0. The third-order valence-electron chi connectivity index (χ3n) is 2.25. The van der Waals surface area contributed by atoms with Gasteiger partial charge < -0.3 is 20.9 Å². The van der Waals surface area contributed by atoms with Crippen molar-refractivity contribution < 1.29 is 14.6 Å². The normalized spacial score (nSPS) is 10.3. The number of aromatic carboxylic acids is 1. The first-order valence-corrected chi connectivity index (χ1v) is 5.95. The fourth-order valence-corrected chi connectivity index (χ4v) is 1.41. The number of carboxylic acid groups (broad SMARTS) is 1. The average molecular weight is 253 g/mol. The number of nitrogen functional groups attached to an aromatic ring is 1. The van der Waals surface area contributed by atoms with Crippen LogP contribution in [-0.4, -0.2) is 35.8 Å². The molecule has 0 unspecified atom stereocenters. The van der Waals surface area contributed by atoms with Crippen LogP contribution in [0.15, 0.2) is 12.3 Å². The molecule has 0 aromatic carbocycles. The minimum Gasteiger partial charge on any atom is -0.478 e. The van der Waals surface area contributed by atoms with Crippen molar-refractivity contribution >= 4 is 17.5 Å². The summed E-state index contributed by atoms with van der Waals surface area (Å²) in [6.45, 7) is 4.06. The maximum absolute atomic E-state index is 11.0. The van der Waals surface area contributed by atoms with Crippen LogP contribution in [0.4, 0.5) is 11.5 Å². The van der Waals surface area contributed by atoms with E-state index in [1.54, 1.807) is 0 Å². The maximum Gasteiger partial charge on any atom is 0.339 e. The largest absolute Gasteiger partial charge is 0.478 e. The number of rotatable bonds is 8. The standard InChI is InChI=1S/C12H19N3O3/c1-2-5-18-6-3-4-14-11-10(12(16)17)7-9(13)8-15-11/h7-8H,2-6,13H2,1H3,(H,14,15)(H,16,17). The van der Waals surface area contributed by atoms with Gasteiger partial charge in [-0.25, -0.2) is 9.78 Å². The summed E-state index contributed by atoms with van der Waals surface area (Å²) < 4.78 is 5.32. The molecule has 18 heavy (non-hydrogen) atoms. The van der Waals surface area contributed by atoms with Crippen molar-refractivity contribution in [3.8, 4) is 0 Å². The molecule has 1 aromatic heterocycles. The van der Waals surface area contributed by atoms with E-state index in [2.05, 4.69) is 17.2 Å². The van der Waals surface area contributed by atoms with Crippen LogP contribution in [0.1, 0.15) is 30.1 Å². The van der Waals surface area contributed by atoms with Crippen molar-refractivity contribution in [1.29, 1.82) is 0 Å². The Balaban J connectivity index is 2.44. The number of aromatic nitrogens is 1. The number of ether oxygens (including phenoxy) is 1. The van der Waals surface area contributed by atoms with Gasteiger partial charge in [0.15, 0.2) is 0 Å². The second-order valence-electron chi connectivity index (χ2n) is 3.86. The predicted molar refractivity (Wildman–Crippen MR) is 69.8 cm³/mol. The molecule has 6 heteroatoms. The van der Waals surface area contributed by atoms with Crippen molar-refractivity contribution in [3.05, 3.63) is 17.8 Å². The molecule has 1 aromatic rings. The molecular formula is C12H19N3O3. The molecule has 0 amide bonds. The van der Waals surface area contributed by atoms with E-state index in [1.165, 1.54) is 12.3 Å². The Labute approximate surface area is 106 Å². The lowest BCUT2D eigenvalue weighted by Crippen LogP contribution is -2.12. The summed E-state index contributed by atoms with van der Waals surface area (Å²) in [6.07, 6.45) is 3.23. The van der Waals surface area contributed by atoms with Gasteiger partial charge in [-0.05, 0) is 18.9 Å². The van der Waals surface area contributed by atoms with E-state index in [4.69, 9.17) is 15.6 Å². The number of carbonyl (C=O) groups is 1. The Morgan fingerprint density at radius 1 is 1.56 bits per heavy atom. The number of nitrogens with one attached hydrogen (secondary N) is 1. The highest BCUT2D eigenvalue weighted by Crippen LogP contribution is 2.15. The summed E-state index contributed by atoms with van der Waals surface area (Å²) in [5.74, 6) is -0.702. The lowest BCUT2D eigenvalue weighted by molar-refractivity contribution is 0.0697. The molecular weight excluding hydrogens is 234 g/mol. The van der Waals surface area contributed by atoms with E-state index in [-0.39, 0.29) is 5.56 Å². The molecule has 1 heterocycles. The van der Waals surface area contributed by atoms with Gasteiger partial charge >= 0.3 is 5.97 Å². The summed E-state index contributed by atoms with van der Waals surface area (Å²) in [6, 6.07) is 1.39. The quantitative estimate of drug-likeness (QED) is 0.609. The van der Waals surface area contributed by atoms with Gasteiger partial charge in [0.25, 0.3) is 0 Å². The van der Waals surface area contributed by atoms with Crippen LogP contribution in [0.25, 0.3) is 0 Å². The van der Waals surface area contributed by atoms with Gasteiger partial charge in [-0.15, -0.1) is 0 Å². The second-order valence-corrected chi connectivity index (χ2v) is 3.86. The molecule has 0 spiro atoms. The fourth-order valence-electron chi connectivity index (χ4n) is 1.41. The Kier molecular flexibility index (Phi) is 5.93. The van der Waals surface area contributed by atoms with Gasteiger partial charge in [0.1, 0.15) is 11.4 Å². The van der Waals surface area contributed by atoms with E-state index in [0.717, 1.165) is 19.4 Å². The van der Waals surface area contributed by atoms with Crippen LogP contribution in [0.5, 0.6) is 0 Å². The fraction of sp³-hybridized carbons (Fsp3) is 0.500. The highest BCUT2D eigenvalue weighted by atomic mass is 16.5. The summed E-state index contributed by atoms with van der Waals surface area (Å²) in [5, 5.41) is 12.0. The molecule has 0 aliphatic rings. The number of hydrogen-bond donors (Lipinski definition) is 3. The smallest absolute Gasteiger partial charge is 0.339 e. The molecule has 6 nitrogen and oxygen atoms in total. The van der Waals surface area contributed by atoms with Gasteiger partial charge in [0.05, 0.1) is 11.9 Å². The van der Waals surface area contributed by atoms with E-state index >= 15 is 0 Å². The van der Waals surface area contributed by atoms with Crippen LogP contribution in [0.2, 0.25) is 0 Å². The van der Waals surface area contributed by atoms with Crippen LogP contribution in [-0.2, 0) is 4.74 Å². The first-order chi connectivity index (χ1) is 8.65. The number of carboxylic acids is 1. The van der Waals surface area contributed by atoms with Gasteiger partial charge in [-0.2, -0.15) is 0 Å². The molecule has 100 valence electrons. The monoisotopic (exact) mass is 253 g/mol. The van der Waals surface area contributed by atoms with Gasteiger partial charge in [-0.3, -0.25) is 0 Å². The van der Waals surface area contributed by atoms with Crippen molar-refractivity contribution in [2.75, 3.05) is 30.8 Å². The van der Waals surface area contributed by atoms with Crippen LogP contribution in [0.3, 0.4) is 0 Å². The zero-order valence-corrected chi connectivity index (χ0v) is 10.5. The molecule has 0 saturated carbocycles. The second kappa shape index (κ2) is 7.50. The number of pyridine rings is 1. The summed E-state index contributed by atoms with van der Waals surface area (Å²) in [7, 11) is 0. The van der Waals surface area contributed by atoms with E-state index in [9.17, 15) is 4.79 Å². The maximum atomic E-state index is 11.0. The third kappa shape index (κ3) is 4.58. The first kappa shape index (κ1) is 14.2. The lowest BCUT2D eigenvalue weighted by atomic mass is 10.2. The Morgan fingerprint density at radius 3 is 3.00 bits per heavy atom. The molecule has 0 radical (unpaired) electrons. The Hall–Kier alpha value is -1.82. The van der Waals surface area contributed by atoms with Crippen molar-refractivity contribution in [3.63, 3.8) is 0 Å². The third-order valence-corrected chi connectivity index (χ3v) is 2.25. The topological polar surface area (TPSA) is 97.5 Å². The van der Waals surface area contributed by atoms with Crippen LogP contribution >= 0.6 is 0 Å². The van der Waals surface area contributed by atoms with Crippen LogP contribution < -0.4 is 11.1 Å². The number of nitrogens with zero attached hydrogens (tertiary/aromatic N) is 1. The minimum atomic E-state index is -1.04. The number of anilines is 2. The molecule has 0 saturated heterocycles. The Morgan fingerprint density at radius 2 is 2.33 bits per heavy atom. The van der Waals surface area contributed by atoms with Crippen LogP contribution in [0, 0.1) is 0 Å². The molecule has 0 bridgehead atoms. The SMILES string of the molecule is CCCOCCCNc1ncc(N)cc1C(=O)O. The summed E-state index contributed by atoms with van der Waals surface area (Å²) in [5.41, 5.74) is 5.93. The van der Waals surface area contributed by atoms with Crippen molar-refractivity contribution in [2.24, 2.45) is 0 Å². The van der Waals surface area contributed by atoms with Crippen molar-refractivity contribution in [1.82, 2.24) is 4.98 Å². The highest BCUT2D eigenvalue weighted by molar-refractivity contribution is 5.94. The highest BCUT2D eigenvalue weighted by Gasteiger charge is 2.11. The first-order valence-electron chi connectivity index (χ1n) is 5.95. The minimum absolute atomic E-state index is 0.0875. The van der Waals surface area contributed by atoms with E-state index < -0.39 is 5.97 Å². The van der Waals surface area contributed by atoms with Gasteiger partial charge in [0, 0.05) is 19.8 Å². The molecule has 0 fully saturated rings.